The SMILES string of the molecule is COC(=O)/C(C)=C/[C@H]1CCCO1. The van der Waals surface area contributed by atoms with Crippen LogP contribution in [-0.2, 0) is 14.3 Å². The first kappa shape index (κ1) is 9.26. The van der Waals surface area contributed by atoms with Crippen LogP contribution in [0.15, 0.2) is 11.6 Å². The number of methoxy groups -OCH3 is 1. The largest absolute Gasteiger partial charge is 0.466 e. The highest BCUT2D eigenvalue weighted by Gasteiger charge is 2.14. The Balaban J connectivity index is 2.48. The molecule has 0 aromatic rings. The smallest absolute Gasteiger partial charge is 0.333 e. The fourth-order valence-corrected chi connectivity index (χ4v) is 1.24. The average Bonchev–Trinajstić information content (AvgIpc) is 2.55. The van der Waals surface area contributed by atoms with Crippen molar-refractivity contribution in [3.63, 3.8) is 0 Å². The molecule has 1 aliphatic rings. The Morgan fingerprint density at radius 3 is 2.92 bits per heavy atom. The van der Waals surface area contributed by atoms with Gasteiger partial charge in [-0.15, -0.1) is 0 Å². The van der Waals surface area contributed by atoms with E-state index in [1.165, 1.54) is 7.11 Å². The van der Waals surface area contributed by atoms with E-state index in [2.05, 4.69) is 4.74 Å². The van der Waals surface area contributed by atoms with Gasteiger partial charge < -0.3 is 9.47 Å². The molecule has 1 fully saturated rings. The summed E-state index contributed by atoms with van der Waals surface area (Å²) in [4.78, 5) is 11.0. The Kier molecular flexibility index (Phi) is 3.29. The van der Waals surface area contributed by atoms with Gasteiger partial charge in [-0.2, -0.15) is 0 Å². The van der Waals surface area contributed by atoms with Crippen LogP contribution in [0.3, 0.4) is 0 Å². The topological polar surface area (TPSA) is 35.5 Å². The molecule has 68 valence electrons. The van der Waals surface area contributed by atoms with Crippen LogP contribution in [0.5, 0.6) is 0 Å². The monoisotopic (exact) mass is 170 g/mol. The molecule has 0 aromatic heterocycles. The molecule has 1 rings (SSSR count). The molecule has 0 amide bonds. The molecule has 1 saturated heterocycles. The molecule has 3 nitrogen and oxygen atoms in total. The van der Waals surface area contributed by atoms with Gasteiger partial charge in [-0.25, -0.2) is 4.79 Å². The first-order chi connectivity index (χ1) is 5.74. The van der Waals surface area contributed by atoms with Crippen molar-refractivity contribution >= 4 is 5.97 Å². The standard InChI is InChI=1S/C9H14O3/c1-7(9(10)11-2)6-8-4-3-5-12-8/h6,8H,3-5H2,1-2H3/b7-6+/t8-/m1/s1. The lowest BCUT2D eigenvalue weighted by Gasteiger charge is -2.04. The molecule has 0 aromatic carbocycles. The van der Waals surface area contributed by atoms with Crippen molar-refractivity contribution in [3.05, 3.63) is 11.6 Å². The van der Waals surface area contributed by atoms with E-state index in [9.17, 15) is 4.79 Å². The summed E-state index contributed by atoms with van der Waals surface area (Å²) in [5.41, 5.74) is 0.629. The minimum atomic E-state index is -0.273. The van der Waals surface area contributed by atoms with Gasteiger partial charge in [0.1, 0.15) is 0 Å². The summed E-state index contributed by atoms with van der Waals surface area (Å²) in [5, 5.41) is 0. The van der Waals surface area contributed by atoms with Crippen molar-refractivity contribution in [3.8, 4) is 0 Å². The van der Waals surface area contributed by atoms with Gasteiger partial charge in [0.05, 0.1) is 13.2 Å². The van der Waals surface area contributed by atoms with Gasteiger partial charge in [0.25, 0.3) is 0 Å². The summed E-state index contributed by atoms with van der Waals surface area (Å²) >= 11 is 0. The molecule has 0 N–H and O–H groups in total. The Bertz CT molecular complexity index is 190. The van der Waals surface area contributed by atoms with Crippen molar-refractivity contribution in [1.29, 1.82) is 0 Å². The number of esters is 1. The minimum absolute atomic E-state index is 0.115. The lowest BCUT2D eigenvalue weighted by Crippen LogP contribution is -2.07. The Labute approximate surface area is 72.4 Å². The molecular weight excluding hydrogens is 156 g/mol. The summed E-state index contributed by atoms with van der Waals surface area (Å²) in [5.74, 6) is -0.273. The fraction of sp³-hybridized carbons (Fsp3) is 0.667. The third kappa shape index (κ3) is 2.34. The maximum absolute atomic E-state index is 11.0. The van der Waals surface area contributed by atoms with Crippen LogP contribution in [-0.4, -0.2) is 25.8 Å². The van der Waals surface area contributed by atoms with Crippen molar-refractivity contribution in [2.45, 2.75) is 25.9 Å². The van der Waals surface area contributed by atoms with Crippen LogP contribution in [0.1, 0.15) is 19.8 Å². The van der Waals surface area contributed by atoms with Crippen LogP contribution in [0.2, 0.25) is 0 Å². The maximum Gasteiger partial charge on any atom is 0.333 e. The molecule has 0 unspecified atom stereocenters. The molecule has 0 aliphatic carbocycles. The van der Waals surface area contributed by atoms with E-state index in [1.54, 1.807) is 6.92 Å². The number of carbonyl (C=O) groups excluding carboxylic acids is 1. The second-order valence-electron chi connectivity index (χ2n) is 2.89. The minimum Gasteiger partial charge on any atom is -0.466 e. The predicted octanol–water partition coefficient (Wildman–Crippen LogP) is 1.28. The van der Waals surface area contributed by atoms with Crippen molar-refractivity contribution in [2.75, 3.05) is 13.7 Å². The number of ether oxygens (including phenoxy) is 2. The van der Waals surface area contributed by atoms with Gasteiger partial charge in [-0.1, -0.05) is 0 Å². The van der Waals surface area contributed by atoms with Gasteiger partial charge >= 0.3 is 5.97 Å². The summed E-state index contributed by atoms with van der Waals surface area (Å²) in [6, 6.07) is 0. The van der Waals surface area contributed by atoms with E-state index in [0.29, 0.717) is 5.57 Å². The van der Waals surface area contributed by atoms with Gasteiger partial charge in [0.2, 0.25) is 0 Å². The number of rotatable bonds is 2. The summed E-state index contributed by atoms with van der Waals surface area (Å²) in [6.07, 6.45) is 4.03. The molecule has 0 radical (unpaired) electrons. The Hall–Kier alpha value is -0.830. The van der Waals surface area contributed by atoms with Crippen molar-refractivity contribution in [1.82, 2.24) is 0 Å². The van der Waals surface area contributed by atoms with E-state index >= 15 is 0 Å². The molecule has 12 heavy (non-hydrogen) atoms. The number of hydrogen-bond acceptors (Lipinski definition) is 3. The summed E-state index contributed by atoms with van der Waals surface area (Å²) in [7, 11) is 1.38. The highest BCUT2D eigenvalue weighted by molar-refractivity contribution is 5.87. The van der Waals surface area contributed by atoms with Gasteiger partial charge in [-0.05, 0) is 25.8 Å². The number of hydrogen-bond donors (Lipinski definition) is 0. The number of carbonyl (C=O) groups is 1. The van der Waals surface area contributed by atoms with Crippen LogP contribution in [0.25, 0.3) is 0 Å². The normalized spacial score (nSPS) is 24.2. The second-order valence-corrected chi connectivity index (χ2v) is 2.89. The Morgan fingerprint density at radius 1 is 1.67 bits per heavy atom. The molecular formula is C9H14O3. The molecule has 1 aliphatic heterocycles. The van der Waals surface area contributed by atoms with Crippen LogP contribution in [0, 0.1) is 0 Å². The maximum atomic E-state index is 11.0. The first-order valence-corrected chi connectivity index (χ1v) is 4.12. The lowest BCUT2D eigenvalue weighted by molar-refractivity contribution is -0.136. The van der Waals surface area contributed by atoms with Gasteiger partial charge in [0.15, 0.2) is 0 Å². The van der Waals surface area contributed by atoms with E-state index < -0.39 is 0 Å². The average molecular weight is 170 g/mol. The zero-order chi connectivity index (χ0) is 8.97. The second kappa shape index (κ2) is 4.26. The highest BCUT2D eigenvalue weighted by Crippen LogP contribution is 2.14. The third-order valence-electron chi connectivity index (χ3n) is 1.91. The lowest BCUT2D eigenvalue weighted by atomic mass is 10.2. The van der Waals surface area contributed by atoms with Gasteiger partial charge in [0, 0.05) is 12.2 Å². The zero-order valence-corrected chi connectivity index (χ0v) is 7.50. The zero-order valence-electron chi connectivity index (χ0n) is 7.50. The van der Waals surface area contributed by atoms with Gasteiger partial charge in [-0.3, -0.25) is 0 Å². The molecule has 1 heterocycles. The summed E-state index contributed by atoms with van der Waals surface area (Å²) < 4.78 is 9.89. The van der Waals surface area contributed by atoms with E-state index in [-0.39, 0.29) is 12.1 Å². The Morgan fingerprint density at radius 2 is 2.42 bits per heavy atom. The predicted molar refractivity (Wildman–Crippen MR) is 44.7 cm³/mol. The molecule has 3 heteroatoms. The van der Waals surface area contributed by atoms with Crippen LogP contribution >= 0.6 is 0 Å². The van der Waals surface area contributed by atoms with E-state index in [0.717, 1.165) is 19.4 Å². The third-order valence-corrected chi connectivity index (χ3v) is 1.91. The quantitative estimate of drug-likeness (QED) is 0.462. The fourth-order valence-electron chi connectivity index (χ4n) is 1.24. The molecule has 1 atom stereocenters. The van der Waals surface area contributed by atoms with E-state index in [4.69, 9.17) is 4.74 Å². The van der Waals surface area contributed by atoms with E-state index in [1.807, 2.05) is 6.08 Å². The van der Waals surface area contributed by atoms with Crippen molar-refractivity contribution < 1.29 is 14.3 Å². The highest BCUT2D eigenvalue weighted by atomic mass is 16.5. The van der Waals surface area contributed by atoms with Crippen LogP contribution < -0.4 is 0 Å². The molecule has 0 saturated carbocycles. The summed E-state index contributed by atoms with van der Waals surface area (Å²) in [6.45, 7) is 2.54. The molecule has 0 spiro atoms. The van der Waals surface area contributed by atoms with Crippen LogP contribution in [0.4, 0.5) is 0 Å². The van der Waals surface area contributed by atoms with Crippen molar-refractivity contribution in [2.24, 2.45) is 0 Å². The first-order valence-electron chi connectivity index (χ1n) is 4.12. The molecule has 0 bridgehead atoms.